The maximum Gasteiger partial charge on any atom is 0.303 e. The fourth-order valence-electron chi connectivity index (χ4n) is 3.81. The first-order chi connectivity index (χ1) is 15.5. The molecule has 0 amide bonds. The van der Waals surface area contributed by atoms with E-state index in [0.29, 0.717) is 6.42 Å². The van der Waals surface area contributed by atoms with Gasteiger partial charge < -0.3 is 10.0 Å². The smallest absolute Gasteiger partial charge is 0.303 e. The quantitative estimate of drug-likeness (QED) is 0.337. The van der Waals surface area contributed by atoms with E-state index in [9.17, 15) is 4.79 Å². The Bertz CT molecular complexity index is 1200. The Morgan fingerprint density at radius 3 is 1.84 bits per heavy atom. The van der Waals surface area contributed by atoms with Crippen LogP contribution in [0.3, 0.4) is 0 Å². The molecule has 4 rings (SSSR count). The van der Waals surface area contributed by atoms with Crippen molar-refractivity contribution in [3.8, 4) is 11.1 Å². The zero-order chi connectivity index (χ0) is 22.5. The molecule has 1 N–H and O–H groups in total. The summed E-state index contributed by atoms with van der Waals surface area (Å²) in [5.74, 6) is -0.774. The lowest BCUT2D eigenvalue weighted by Crippen LogP contribution is -2.10. The van der Waals surface area contributed by atoms with Crippen LogP contribution in [-0.4, -0.2) is 11.1 Å². The molecule has 0 aliphatic rings. The van der Waals surface area contributed by atoms with Crippen LogP contribution in [0.4, 0.5) is 17.1 Å². The average Bonchev–Trinajstić information content (AvgIpc) is 2.82. The standard InChI is InChI=1S/C29H27NO2/c1-21-8-14-28(20-22(21)2)30(26-15-9-23(10-16-26)11-19-29(31)32)27-17-12-25(13-18-27)24-6-4-3-5-7-24/h3-10,12-18,20H,11,19H2,1-2H3,(H,31,32). The van der Waals surface area contributed by atoms with E-state index in [2.05, 4.69) is 97.6 Å². The van der Waals surface area contributed by atoms with E-state index < -0.39 is 5.97 Å². The molecule has 0 aromatic heterocycles. The van der Waals surface area contributed by atoms with Gasteiger partial charge in [0.15, 0.2) is 0 Å². The van der Waals surface area contributed by atoms with Crippen LogP contribution >= 0.6 is 0 Å². The van der Waals surface area contributed by atoms with Gasteiger partial charge in [-0.2, -0.15) is 0 Å². The van der Waals surface area contributed by atoms with Crippen LogP contribution in [-0.2, 0) is 11.2 Å². The summed E-state index contributed by atoms with van der Waals surface area (Å²) in [4.78, 5) is 13.1. The first kappa shape index (κ1) is 21.4. The Labute approximate surface area is 189 Å². The van der Waals surface area contributed by atoms with Crippen molar-refractivity contribution < 1.29 is 9.90 Å². The lowest BCUT2D eigenvalue weighted by atomic mass is 10.0. The third-order valence-electron chi connectivity index (χ3n) is 5.80. The Balaban J connectivity index is 1.71. The second kappa shape index (κ2) is 9.52. The molecule has 0 heterocycles. The highest BCUT2D eigenvalue weighted by Crippen LogP contribution is 2.36. The van der Waals surface area contributed by atoms with Crippen LogP contribution in [0.1, 0.15) is 23.1 Å². The zero-order valence-corrected chi connectivity index (χ0v) is 18.5. The molecule has 0 spiro atoms. The van der Waals surface area contributed by atoms with Crippen molar-refractivity contribution in [2.45, 2.75) is 26.7 Å². The Kier molecular flexibility index (Phi) is 6.37. The third-order valence-corrected chi connectivity index (χ3v) is 5.80. The van der Waals surface area contributed by atoms with Crippen LogP contribution in [0.15, 0.2) is 97.1 Å². The normalized spacial score (nSPS) is 10.7. The highest BCUT2D eigenvalue weighted by atomic mass is 16.4. The first-order valence-corrected chi connectivity index (χ1v) is 10.8. The Morgan fingerprint density at radius 2 is 1.25 bits per heavy atom. The Morgan fingerprint density at radius 1 is 0.688 bits per heavy atom. The van der Waals surface area contributed by atoms with Crippen molar-refractivity contribution in [1.82, 2.24) is 0 Å². The number of anilines is 3. The average molecular weight is 422 g/mol. The maximum atomic E-state index is 10.9. The van der Waals surface area contributed by atoms with E-state index in [1.54, 1.807) is 0 Å². The SMILES string of the molecule is Cc1ccc(N(c2ccc(CCC(=O)O)cc2)c2ccc(-c3ccccc3)cc2)cc1C. The minimum atomic E-state index is -0.774. The van der Waals surface area contributed by atoms with Gasteiger partial charge in [0.2, 0.25) is 0 Å². The van der Waals surface area contributed by atoms with Gasteiger partial charge in [-0.1, -0.05) is 60.7 Å². The van der Waals surface area contributed by atoms with Crippen molar-refractivity contribution in [3.05, 3.63) is 114 Å². The molecule has 0 aliphatic carbocycles. The van der Waals surface area contributed by atoms with Gasteiger partial charge in [0.1, 0.15) is 0 Å². The highest BCUT2D eigenvalue weighted by Gasteiger charge is 2.14. The van der Waals surface area contributed by atoms with Gasteiger partial charge in [-0.25, -0.2) is 0 Å². The van der Waals surface area contributed by atoms with Crippen LogP contribution in [0.5, 0.6) is 0 Å². The summed E-state index contributed by atoms with van der Waals surface area (Å²) in [5.41, 5.74) is 9.11. The minimum Gasteiger partial charge on any atom is -0.481 e. The molecule has 160 valence electrons. The lowest BCUT2D eigenvalue weighted by Gasteiger charge is -2.26. The molecule has 4 aromatic rings. The van der Waals surface area contributed by atoms with Crippen molar-refractivity contribution >= 4 is 23.0 Å². The first-order valence-electron chi connectivity index (χ1n) is 10.8. The van der Waals surface area contributed by atoms with E-state index in [-0.39, 0.29) is 6.42 Å². The molecule has 0 fully saturated rings. The number of carboxylic acid groups (broad SMARTS) is 1. The van der Waals surface area contributed by atoms with Crippen LogP contribution in [0.2, 0.25) is 0 Å². The summed E-state index contributed by atoms with van der Waals surface area (Å²) >= 11 is 0. The van der Waals surface area contributed by atoms with Gasteiger partial charge in [0.05, 0.1) is 0 Å². The molecule has 0 saturated carbocycles. The number of hydrogen-bond acceptors (Lipinski definition) is 2. The van der Waals surface area contributed by atoms with Crippen molar-refractivity contribution in [2.75, 3.05) is 4.90 Å². The fourth-order valence-corrected chi connectivity index (χ4v) is 3.81. The summed E-state index contributed by atoms with van der Waals surface area (Å²) in [6, 6.07) is 33.6. The predicted octanol–water partition coefficient (Wildman–Crippen LogP) is 7.46. The summed E-state index contributed by atoms with van der Waals surface area (Å²) in [6.45, 7) is 4.25. The number of aryl methyl sites for hydroxylation is 3. The molecular formula is C29H27NO2. The van der Waals surface area contributed by atoms with Gasteiger partial charge in [0, 0.05) is 23.5 Å². The maximum absolute atomic E-state index is 10.9. The number of benzene rings is 4. The second-order valence-corrected chi connectivity index (χ2v) is 8.08. The molecule has 0 unspecified atom stereocenters. The summed E-state index contributed by atoms with van der Waals surface area (Å²) in [6.07, 6.45) is 0.673. The van der Waals surface area contributed by atoms with Crippen LogP contribution in [0, 0.1) is 13.8 Å². The van der Waals surface area contributed by atoms with Crippen LogP contribution in [0.25, 0.3) is 11.1 Å². The molecule has 3 nitrogen and oxygen atoms in total. The molecule has 0 radical (unpaired) electrons. The Hall–Kier alpha value is -3.85. The van der Waals surface area contributed by atoms with E-state index >= 15 is 0 Å². The highest BCUT2D eigenvalue weighted by molar-refractivity contribution is 5.79. The van der Waals surface area contributed by atoms with Crippen LogP contribution < -0.4 is 4.90 Å². The third kappa shape index (κ3) is 4.89. The molecule has 0 aliphatic heterocycles. The van der Waals surface area contributed by atoms with Crippen molar-refractivity contribution in [2.24, 2.45) is 0 Å². The fraction of sp³-hybridized carbons (Fsp3) is 0.138. The lowest BCUT2D eigenvalue weighted by molar-refractivity contribution is -0.136. The number of carboxylic acids is 1. The number of carbonyl (C=O) groups is 1. The monoisotopic (exact) mass is 421 g/mol. The van der Waals surface area contributed by atoms with Crippen molar-refractivity contribution in [3.63, 3.8) is 0 Å². The van der Waals surface area contributed by atoms with Gasteiger partial charge >= 0.3 is 5.97 Å². The van der Waals surface area contributed by atoms with E-state index in [1.165, 1.54) is 22.3 Å². The van der Waals surface area contributed by atoms with Gasteiger partial charge in [-0.15, -0.1) is 0 Å². The molecule has 4 aromatic carbocycles. The largest absolute Gasteiger partial charge is 0.481 e. The summed E-state index contributed by atoms with van der Waals surface area (Å²) < 4.78 is 0. The summed E-state index contributed by atoms with van der Waals surface area (Å²) in [5, 5.41) is 8.96. The molecule has 3 heteroatoms. The predicted molar refractivity (Wildman–Crippen MR) is 132 cm³/mol. The summed E-state index contributed by atoms with van der Waals surface area (Å²) in [7, 11) is 0. The number of rotatable bonds is 7. The zero-order valence-electron chi connectivity index (χ0n) is 18.5. The molecule has 0 bridgehead atoms. The second-order valence-electron chi connectivity index (χ2n) is 8.08. The molecular weight excluding hydrogens is 394 g/mol. The number of aliphatic carboxylic acids is 1. The van der Waals surface area contributed by atoms with Gasteiger partial charge in [-0.05, 0) is 84.5 Å². The molecule has 0 atom stereocenters. The van der Waals surface area contributed by atoms with E-state index in [1.807, 2.05) is 18.2 Å². The van der Waals surface area contributed by atoms with Crippen molar-refractivity contribution in [1.29, 1.82) is 0 Å². The number of nitrogens with zero attached hydrogens (tertiary/aromatic N) is 1. The minimum absolute atomic E-state index is 0.140. The van der Waals surface area contributed by atoms with Gasteiger partial charge in [0.25, 0.3) is 0 Å². The number of hydrogen-bond donors (Lipinski definition) is 1. The van der Waals surface area contributed by atoms with Gasteiger partial charge in [-0.3, -0.25) is 4.79 Å². The van der Waals surface area contributed by atoms with E-state index in [4.69, 9.17) is 5.11 Å². The topological polar surface area (TPSA) is 40.5 Å². The molecule has 0 saturated heterocycles. The molecule has 32 heavy (non-hydrogen) atoms. The van der Waals surface area contributed by atoms with E-state index in [0.717, 1.165) is 22.6 Å².